The lowest BCUT2D eigenvalue weighted by Gasteiger charge is -2.16. The van der Waals surface area contributed by atoms with Crippen LogP contribution in [0.25, 0.3) is 0 Å². The second-order valence-electron chi connectivity index (χ2n) is 5.40. The average molecular weight is 279 g/mol. The first-order chi connectivity index (χ1) is 9.56. The van der Waals surface area contributed by atoms with Gasteiger partial charge in [-0.1, -0.05) is 27.7 Å². The minimum absolute atomic E-state index is 0.331. The van der Waals surface area contributed by atoms with Crippen LogP contribution in [0.5, 0.6) is 0 Å². The third-order valence-electron chi connectivity index (χ3n) is 3.16. The van der Waals surface area contributed by atoms with Gasteiger partial charge >= 0.3 is 0 Å². The van der Waals surface area contributed by atoms with E-state index in [1.54, 1.807) is 0 Å². The van der Waals surface area contributed by atoms with Crippen LogP contribution in [0.3, 0.4) is 0 Å². The first-order valence-corrected chi connectivity index (χ1v) is 7.62. The van der Waals surface area contributed by atoms with E-state index < -0.39 is 0 Å². The Bertz CT molecular complexity index is 392. The Hall–Kier alpha value is -1.36. The molecular weight excluding hydrogens is 250 g/mol. The third kappa shape index (κ3) is 5.74. The van der Waals surface area contributed by atoms with Gasteiger partial charge in [0.05, 0.1) is 0 Å². The molecule has 0 atom stereocenters. The summed E-state index contributed by atoms with van der Waals surface area (Å²) in [6.45, 7) is 12.5. The maximum atomic E-state index is 4.58. The molecule has 20 heavy (non-hydrogen) atoms. The van der Waals surface area contributed by atoms with Gasteiger partial charge in [0.2, 0.25) is 0 Å². The van der Waals surface area contributed by atoms with E-state index in [2.05, 4.69) is 60.2 Å². The number of hydrogen-bond acceptors (Lipinski definition) is 5. The fourth-order valence-electron chi connectivity index (χ4n) is 1.69. The highest BCUT2D eigenvalue weighted by Crippen LogP contribution is 2.16. The number of hydrogen-bond donors (Lipinski definition) is 2. The number of aromatic nitrogens is 2. The highest BCUT2D eigenvalue weighted by Gasteiger charge is 2.07. The molecular formula is C15H29N5. The minimum atomic E-state index is 0.331. The standard InChI is InChI=1S/C15H29N5/c1-6-8-16-13-11-14(17-9-10-20(5)7-2)19-15(18-13)12(3)4/h11-12H,6-10H2,1-5H3,(H2,16,17,18,19). The maximum absolute atomic E-state index is 4.58. The molecule has 0 spiro atoms. The van der Waals surface area contributed by atoms with Crippen LogP contribution in [0.2, 0.25) is 0 Å². The van der Waals surface area contributed by atoms with Gasteiger partial charge < -0.3 is 15.5 Å². The number of nitrogens with one attached hydrogen (secondary N) is 2. The molecule has 0 aliphatic heterocycles. The van der Waals surface area contributed by atoms with E-state index in [9.17, 15) is 0 Å². The molecule has 1 aromatic heterocycles. The molecule has 0 saturated heterocycles. The van der Waals surface area contributed by atoms with Crippen molar-refractivity contribution in [2.45, 2.75) is 40.0 Å². The SMILES string of the molecule is CCCNc1cc(NCCN(C)CC)nc(C(C)C)n1. The quantitative estimate of drug-likeness (QED) is 0.728. The predicted molar refractivity (Wildman–Crippen MR) is 86.6 cm³/mol. The van der Waals surface area contributed by atoms with Crippen LogP contribution in [0.1, 0.15) is 45.9 Å². The van der Waals surface area contributed by atoms with E-state index in [0.29, 0.717) is 5.92 Å². The van der Waals surface area contributed by atoms with E-state index >= 15 is 0 Å². The van der Waals surface area contributed by atoms with Crippen LogP contribution in [-0.2, 0) is 0 Å². The largest absolute Gasteiger partial charge is 0.370 e. The molecule has 0 bridgehead atoms. The van der Waals surface area contributed by atoms with Crippen LogP contribution in [0, 0.1) is 0 Å². The Morgan fingerprint density at radius 1 is 1.10 bits per heavy atom. The second kappa shape index (κ2) is 8.74. The number of nitrogens with zero attached hydrogens (tertiary/aromatic N) is 3. The average Bonchev–Trinajstić information content (AvgIpc) is 2.44. The number of anilines is 2. The Balaban J connectivity index is 2.70. The zero-order valence-corrected chi connectivity index (χ0v) is 13.5. The molecule has 0 fully saturated rings. The van der Waals surface area contributed by atoms with Gasteiger partial charge in [0, 0.05) is 31.6 Å². The summed E-state index contributed by atoms with van der Waals surface area (Å²) in [4.78, 5) is 11.4. The molecule has 0 aromatic carbocycles. The van der Waals surface area contributed by atoms with Gasteiger partial charge in [-0.2, -0.15) is 0 Å². The van der Waals surface area contributed by atoms with Crippen molar-refractivity contribution in [3.63, 3.8) is 0 Å². The molecule has 0 amide bonds. The molecule has 0 unspecified atom stereocenters. The normalized spacial score (nSPS) is 11.2. The lowest BCUT2D eigenvalue weighted by atomic mass is 10.2. The summed E-state index contributed by atoms with van der Waals surface area (Å²) in [6, 6.07) is 1.99. The molecule has 1 aromatic rings. The zero-order chi connectivity index (χ0) is 15.0. The van der Waals surface area contributed by atoms with Crippen molar-refractivity contribution < 1.29 is 0 Å². The molecule has 1 rings (SSSR count). The van der Waals surface area contributed by atoms with Crippen molar-refractivity contribution in [2.75, 3.05) is 43.9 Å². The monoisotopic (exact) mass is 279 g/mol. The first kappa shape index (κ1) is 16.7. The fraction of sp³-hybridized carbons (Fsp3) is 0.733. The summed E-state index contributed by atoms with van der Waals surface area (Å²) in [7, 11) is 2.12. The third-order valence-corrected chi connectivity index (χ3v) is 3.16. The summed E-state index contributed by atoms with van der Waals surface area (Å²) in [5.41, 5.74) is 0. The Labute approximate surface area is 123 Å². The van der Waals surface area contributed by atoms with Gasteiger partial charge in [0.15, 0.2) is 0 Å². The number of rotatable bonds is 9. The van der Waals surface area contributed by atoms with Gasteiger partial charge in [-0.05, 0) is 20.0 Å². The van der Waals surface area contributed by atoms with Gasteiger partial charge in [0.1, 0.15) is 17.5 Å². The Morgan fingerprint density at radius 2 is 1.70 bits per heavy atom. The summed E-state index contributed by atoms with van der Waals surface area (Å²) in [5, 5.41) is 6.73. The van der Waals surface area contributed by atoms with E-state index in [1.165, 1.54) is 0 Å². The lowest BCUT2D eigenvalue weighted by molar-refractivity contribution is 0.367. The molecule has 0 saturated carbocycles. The van der Waals surface area contributed by atoms with E-state index in [1.807, 2.05) is 6.07 Å². The van der Waals surface area contributed by atoms with Gasteiger partial charge in [-0.15, -0.1) is 0 Å². The van der Waals surface area contributed by atoms with Crippen LogP contribution < -0.4 is 10.6 Å². The van der Waals surface area contributed by atoms with Gasteiger partial charge in [0.25, 0.3) is 0 Å². The van der Waals surface area contributed by atoms with Gasteiger partial charge in [-0.25, -0.2) is 9.97 Å². The van der Waals surface area contributed by atoms with Crippen molar-refractivity contribution in [3.05, 3.63) is 11.9 Å². The van der Waals surface area contributed by atoms with Crippen molar-refractivity contribution in [1.82, 2.24) is 14.9 Å². The minimum Gasteiger partial charge on any atom is -0.370 e. The molecule has 0 aliphatic rings. The van der Waals surface area contributed by atoms with E-state index in [-0.39, 0.29) is 0 Å². The smallest absolute Gasteiger partial charge is 0.135 e. The highest BCUT2D eigenvalue weighted by atomic mass is 15.1. The topological polar surface area (TPSA) is 53.1 Å². The highest BCUT2D eigenvalue weighted by molar-refractivity contribution is 5.47. The Kier molecular flexibility index (Phi) is 7.30. The van der Waals surface area contributed by atoms with E-state index in [4.69, 9.17) is 0 Å². The summed E-state index contributed by atoms with van der Waals surface area (Å²) in [5.74, 6) is 3.04. The van der Waals surface area contributed by atoms with E-state index in [0.717, 1.165) is 50.1 Å². The molecule has 114 valence electrons. The molecule has 2 N–H and O–H groups in total. The maximum Gasteiger partial charge on any atom is 0.135 e. The number of likely N-dealkylation sites (N-methyl/N-ethyl adjacent to an activating group) is 1. The predicted octanol–water partition coefficient (Wildman–Crippen LogP) is 2.79. The van der Waals surface area contributed by atoms with Gasteiger partial charge in [-0.3, -0.25) is 0 Å². The van der Waals surface area contributed by atoms with Crippen LogP contribution in [0.4, 0.5) is 11.6 Å². The molecule has 1 heterocycles. The lowest BCUT2D eigenvalue weighted by Crippen LogP contribution is -2.25. The summed E-state index contributed by atoms with van der Waals surface area (Å²) >= 11 is 0. The van der Waals surface area contributed by atoms with Crippen molar-refractivity contribution in [2.24, 2.45) is 0 Å². The summed E-state index contributed by atoms with van der Waals surface area (Å²) in [6.07, 6.45) is 1.09. The van der Waals surface area contributed by atoms with Crippen LogP contribution in [0.15, 0.2) is 6.07 Å². The van der Waals surface area contributed by atoms with Crippen LogP contribution >= 0.6 is 0 Å². The van der Waals surface area contributed by atoms with Crippen molar-refractivity contribution in [1.29, 1.82) is 0 Å². The molecule has 5 nitrogen and oxygen atoms in total. The fourth-order valence-corrected chi connectivity index (χ4v) is 1.69. The molecule has 0 aliphatic carbocycles. The zero-order valence-electron chi connectivity index (χ0n) is 13.5. The van der Waals surface area contributed by atoms with Crippen LogP contribution in [-0.4, -0.2) is 48.1 Å². The second-order valence-corrected chi connectivity index (χ2v) is 5.40. The van der Waals surface area contributed by atoms with Crippen molar-refractivity contribution >= 4 is 11.6 Å². The first-order valence-electron chi connectivity index (χ1n) is 7.62. The molecule has 0 radical (unpaired) electrons. The Morgan fingerprint density at radius 3 is 2.20 bits per heavy atom. The summed E-state index contributed by atoms with van der Waals surface area (Å²) < 4.78 is 0. The molecule has 5 heteroatoms. The van der Waals surface area contributed by atoms with Crippen molar-refractivity contribution in [3.8, 4) is 0 Å².